The van der Waals surface area contributed by atoms with E-state index in [-0.39, 0.29) is 0 Å². The zero-order valence-corrected chi connectivity index (χ0v) is 12.8. The standard InChI is InChI=1S/C18H11ClN4/c19-16-11-4-3-9-15(16)18-22-20-17(21-23-18)14-10-5-7-12-6-1-2-8-13(12)14/h1-11H. The molecule has 23 heavy (non-hydrogen) atoms. The maximum atomic E-state index is 6.16. The first-order chi connectivity index (χ1) is 11.3. The first kappa shape index (κ1) is 13.8. The molecule has 0 radical (unpaired) electrons. The molecule has 4 aromatic rings. The van der Waals surface area contributed by atoms with E-state index in [1.165, 1.54) is 0 Å². The molecule has 4 rings (SSSR count). The van der Waals surface area contributed by atoms with Crippen molar-refractivity contribution >= 4 is 22.4 Å². The van der Waals surface area contributed by atoms with Crippen molar-refractivity contribution in [3.8, 4) is 22.8 Å². The van der Waals surface area contributed by atoms with Gasteiger partial charge in [-0.3, -0.25) is 0 Å². The molecule has 1 aromatic heterocycles. The molecule has 0 aliphatic carbocycles. The van der Waals surface area contributed by atoms with Crippen molar-refractivity contribution in [3.05, 3.63) is 71.8 Å². The molecule has 0 bridgehead atoms. The van der Waals surface area contributed by atoms with E-state index in [9.17, 15) is 0 Å². The fourth-order valence-electron chi connectivity index (χ4n) is 2.51. The van der Waals surface area contributed by atoms with Crippen LogP contribution >= 0.6 is 11.6 Å². The van der Waals surface area contributed by atoms with Crippen LogP contribution < -0.4 is 0 Å². The Morgan fingerprint density at radius 3 is 1.91 bits per heavy atom. The molecule has 5 heteroatoms. The first-order valence-electron chi connectivity index (χ1n) is 7.13. The van der Waals surface area contributed by atoms with Gasteiger partial charge in [0.25, 0.3) is 0 Å². The molecule has 4 nitrogen and oxygen atoms in total. The topological polar surface area (TPSA) is 51.6 Å². The van der Waals surface area contributed by atoms with E-state index >= 15 is 0 Å². The van der Waals surface area contributed by atoms with Crippen molar-refractivity contribution in [1.82, 2.24) is 20.4 Å². The van der Waals surface area contributed by atoms with Crippen LogP contribution in [0.25, 0.3) is 33.5 Å². The Bertz CT molecular complexity index is 978. The molecule has 110 valence electrons. The van der Waals surface area contributed by atoms with Crippen LogP contribution in [0.2, 0.25) is 5.02 Å². The molecule has 3 aromatic carbocycles. The largest absolute Gasteiger partial charge is 0.205 e. The summed E-state index contributed by atoms with van der Waals surface area (Å²) < 4.78 is 0. The van der Waals surface area contributed by atoms with Gasteiger partial charge in [-0.2, -0.15) is 0 Å². The number of hydrogen-bond acceptors (Lipinski definition) is 4. The Morgan fingerprint density at radius 1 is 0.565 bits per heavy atom. The molecule has 0 saturated carbocycles. The highest BCUT2D eigenvalue weighted by Crippen LogP contribution is 2.27. The summed E-state index contributed by atoms with van der Waals surface area (Å²) in [4.78, 5) is 0. The van der Waals surface area contributed by atoms with Crippen LogP contribution in [0, 0.1) is 0 Å². The number of hydrogen-bond donors (Lipinski definition) is 0. The minimum Gasteiger partial charge on any atom is -0.126 e. The van der Waals surface area contributed by atoms with Gasteiger partial charge in [-0.15, -0.1) is 20.4 Å². The van der Waals surface area contributed by atoms with E-state index in [1.807, 2.05) is 48.5 Å². The maximum absolute atomic E-state index is 6.16. The minimum atomic E-state index is 0.416. The summed E-state index contributed by atoms with van der Waals surface area (Å²) in [5, 5.41) is 19.6. The van der Waals surface area contributed by atoms with Gasteiger partial charge in [-0.1, -0.05) is 66.2 Å². The summed E-state index contributed by atoms with van der Waals surface area (Å²) >= 11 is 6.16. The van der Waals surface area contributed by atoms with E-state index in [2.05, 4.69) is 32.5 Å². The van der Waals surface area contributed by atoms with Crippen molar-refractivity contribution < 1.29 is 0 Å². The molecule has 1 heterocycles. The summed E-state index contributed by atoms with van der Waals surface area (Å²) in [7, 11) is 0. The van der Waals surface area contributed by atoms with E-state index in [1.54, 1.807) is 6.07 Å². The number of aromatic nitrogens is 4. The molecule has 0 spiro atoms. The fourth-order valence-corrected chi connectivity index (χ4v) is 2.73. The Labute approximate surface area is 137 Å². The molecule has 0 N–H and O–H groups in total. The quantitative estimate of drug-likeness (QED) is 0.549. The monoisotopic (exact) mass is 318 g/mol. The summed E-state index contributed by atoms with van der Waals surface area (Å²) in [6.07, 6.45) is 0. The lowest BCUT2D eigenvalue weighted by molar-refractivity contribution is 0.877. The fraction of sp³-hybridized carbons (Fsp3) is 0. The Balaban J connectivity index is 1.80. The van der Waals surface area contributed by atoms with Gasteiger partial charge in [0.1, 0.15) is 0 Å². The number of fused-ring (bicyclic) bond motifs is 1. The van der Waals surface area contributed by atoms with E-state index < -0.39 is 0 Å². The predicted molar refractivity (Wildman–Crippen MR) is 91.0 cm³/mol. The minimum absolute atomic E-state index is 0.416. The Hall–Kier alpha value is -2.85. The smallest absolute Gasteiger partial charge is 0.126 e. The van der Waals surface area contributed by atoms with Crippen molar-refractivity contribution in [2.75, 3.05) is 0 Å². The normalized spacial score (nSPS) is 10.8. The third-order valence-corrected chi connectivity index (χ3v) is 3.95. The third-order valence-electron chi connectivity index (χ3n) is 3.62. The summed E-state index contributed by atoms with van der Waals surface area (Å²) in [5.74, 6) is 0.914. The Morgan fingerprint density at radius 2 is 1.13 bits per heavy atom. The second kappa shape index (κ2) is 5.74. The molecule has 0 saturated heterocycles. The van der Waals surface area contributed by atoms with Crippen LogP contribution in [-0.2, 0) is 0 Å². The average molecular weight is 319 g/mol. The molecular formula is C18H11ClN4. The molecule has 0 atom stereocenters. The first-order valence-corrected chi connectivity index (χ1v) is 7.51. The zero-order chi connectivity index (χ0) is 15.6. The maximum Gasteiger partial charge on any atom is 0.205 e. The lowest BCUT2D eigenvalue weighted by Gasteiger charge is -2.05. The molecular weight excluding hydrogens is 308 g/mol. The third kappa shape index (κ3) is 2.53. The number of halogens is 1. The van der Waals surface area contributed by atoms with Gasteiger partial charge < -0.3 is 0 Å². The van der Waals surface area contributed by atoms with Crippen LogP contribution in [0.5, 0.6) is 0 Å². The summed E-state index contributed by atoms with van der Waals surface area (Å²) in [6.45, 7) is 0. The highest BCUT2D eigenvalue weighted by Gasteiger charge is 2.10. The lowest BCUT2D eigenvalue weighted by Crippen LogP contribution is -2.00. The second-order valence-corrected chi connectivity index (χ2v) is 5.46. The van der Waals surface area contributed by atoms with Crippen LogP contribution in [-0.4, -0.2) is 20.4 Å². The van der Waals surface area contributed by atoms with Gasteiger partial charge in [0.05, 0.1) is 5.02 Å². The van der Waals surface area contributed by atoms with Crippen molar-refractivity contribution in [2.45, 2.75) is 0 Å². The van der Waals surface area contributed by atoms with Crippen molar-refractivity contribution in [2.24, 2.45) is 0 Å². The van der Waals surface area contributed by atoms with E-state index in [0.717, 1.165) is 21.9 Å². The highest BCUT2D eigenvalue weighted by atomic mass is 35.5. The van der Waals surface area contributed by atoms with Crippen LogP contribution in [0.15, 0.2) is 66.7 Å². The lowest BCUT2D eigenvalue weighted by atomic mass is 10.0. The molecule has 0 amide bonds. The van der Waals surface area contributed by atoms with Crippen LogP contribution in [0.1, 0.15) is 0 Å². The Kier molecular flexibility index (Phi) is 3.44. The zero-order valence-electron chi connectivity index (χ0n) is 12.0. The van der Waals surface area contributed by atoms with Gasteiger partial charge >= 0.3 is 0 Å². The average Bonchev–Trinajstić information content (AvgIpc) is 2.62. The predicted octanol–water partition coefficient (Wildman–Crippen LogP) is 4.41. The van der Waals surface area contributed by atoms with Crippen LogP contribution in [0.3, 0.4) is 0 Å². The van der Waals surface area contributed by atoms with Gasteiger partial charge in [0, 0.05) is 11.1 Å². The van der Waals surface area contributed by atoms with Crippen molar-refractivity contribution in [1.29, 1.82) is 0 Å². The second-order valence-electron chi connectivity index (χ2n) is 5.05. The van der Waals surface area contributed by atoms with E-state index in [4.69, 9.17) is 11.6 Å². The van der Waals surface area contributed by atoms with Gasteiger partial charge in [-0.05, 0) is 22.9 Å². The van der Waals surface area contributed by atoms with Gasteiger partial charge in [0.2, 0.25) is 11.6 Å². The highest BCUT2D eigenvalue weighted by molar-refractivity contribution is 6.33. The van der Waals surface area contributed by atoms with Gasteiger partial charge in [0.15, 0.2) is 0 Å². The molecule has 0 aliphatic heterocycles. The number of benzene rings is 3. The number of nitrogens with zero attached hydrogens (tertiary/aromatic N) is 4. The van der Waals surface area contributed by atoms with E-state index in [0.29, 0.717) is 16.7 Å². The van der Waals surface area contributed by atoms with Crippen molar-refractivity contribution in [3.63, 3.8) is 0 Å². The molecule has 0 fully saturated rings. The van der Waals surface area contributed by atoms with Gasteiger partial charge in [-0.25, -0.2) is 0 Å². The summed E-state index contributed by atoms with van der Waals surface area (Å²) in [5.41, 5.74) is 1.63. The molecule has 0 unspecified atom stereocenters. The number of rotatable bonds is 2. The van der Waals surface area contributed by atoms with Crippen LogP contribution in [0.4, 0.5) is 0 Å². The SMILES string of the molecule is Clc1ccccc1-c1nnc(-c2cccc3ccccc23)nn1. The summed E-state index contributed by atoms with van der Waals surface area (Å²) in [6, 6.07) is 21.5. The molecule has 0 aliphatic rings.